The van der Waals surface area contributed by atoms with Crippen molar-refractivity contribution in [3.8, 4) is 0 Å². The minimum absolute atomic E-state index is 0.840. The van der Waals surface area contributed by atoms with E-state index in [1.165, 1.54) is 0 Å². The summed E-state index contributed by atoms with van der Waals surface area (Å²) in [5.41, 5.74) is 8.10. The predicted octanol–water partition coefficient (Wildman–Crippen LogP) is 1.47. The number of hydrogen-bond donors (Lipinski definition) is 0. The van der Waals surface area contributed by atoms with Gasteiger partial charge in [-0.3, -0.25) is 0 Å². The number of allylic oxidation sites excluding steroid dienone is 1. The molecule has 1 heteroatoms. The fourth-order valence-corrected chi connectivity index (χ4v) is 0.555. The van der Waals surface area contributed by atoms with Gasteiger partial charge in [-0.15, -0.1) is 0 Å². The van der Waals surface area contributed by atoms with Gasteiger partial charge in [0.2, 0.25) is 0 Å². The van der Waals surface area contributed by atoms with Crippen molar-refractivity contribution in [2.75, 3.05) is 6.54 Å². The maximum Gasteiger partial charge on any atom is 0.0494 e. The fraction of sp³-hybridized carbons (Fsp3) is 0.375. The van der Waals surface area contributed by atoms with E-state index in [0.29, 0.717) is 0 Å². The Hall–Kier alpha value is -1.21. The van der Waals surface area contributed by atoms with Crippen molar-refractivity contribution >= 4 is 5.87 Å². The second kappa shape index (κ2) is 3.75. The maximum atomic E-state index is 3.91. The summed E-state index contributed by atoms with van der Waals surface area (Å²) < 4.78 is 0. The molecule has 0 aliphatic carbocycles. The Kier molecular flexibility index (Phi) is 2.47. The zero-order chi connectivity index (χ0) is 6.36. The van der Waals surface area contributed by atoms with E-state index < -0.39 is 0 Å². The fourth-order valence-electron chi connectivity index (χ4n) is 0.555. The van der Waals surface area contributed by atoms with E-state index in [1.54, 1.807) is 0 Å². The quantitative estimate of drug-likeness (QED) is 0.426. The molecule has 0 bridgehead atoms. The molecule has 0 aromatic rings. The Balaban J connectivity index is 2.96. The average Bonchev–Trinajstić information content (AvgIpc) is 2.00. The molecule has 0 atom stereocenters. The topological polar surface area (TPSA) is 12.4 Å². The highest BCUT2D eigenvalue weighted by atomic mass is 14.7. The van der Waals surface area contributed by atoms with Gasteiger partial charge in [0.05, 0.1) is 0 Å². The van der Waals surface area contributed by atoms with E-state index in [9.17, 15) is 0 Å². The molecule has 1 aliphatic rings. The summed E-state index contributed by atoms with van der Waals surface area (Å²) in [6.45, 7) is 0.840. The van der Waals surface area contributed by atoms with Crippen molar-refractivity contribution in [3.05, 3.63) is 23.3 Å². The minimum atomic E-state index is 0.840. The van der Waals surface area contributed by atoms with Crippen LogP contribution in [0.3, 0.4) is 0 Å². The summed E-state index contributed by atoms with van der Waals surface area (Å²) >= 11 is 0. The minimum Gasteiger partial charge on any atom is -0.235 e. The molecular formula is C8H7N. The van der Waals surface area contributed by atoms with Crippen LogP contribution in [0.25, 0.3) is 0 Å². The molecule has 9 heavy (non-hydrogen) atoms. The zero-order valence-electron chi connectivity index (χ0n) is 5.15. The Morgan fingerprint density at radius 3 is 3.33 bits per heavy atom. The Bertz CT molecular complexity index is 212. The molecule has 0 saturated carbocycles. The van der Waals surface area contributed by atoms with Crippen LogP contribution in [0.2, 0.25) is 0 Å². The monoisotopic (exact) mass is 117 g/mol. The van der Waals surface area contributed by atoms with Gasteiger partial charge in [-0.25, -0.2) is 4.99 Å². The molecule has 0 fully saturated rings. The SMILES string of the molecule is C1=C=C=NCCCC=C=1. The van der Waals surface area contributed by atoms with Gasteiger partial charge in [0.15, 0.2) is 0 Å². The summed E-state index contributed by atoms with van der Waals surface area (Å²) in [6.07, 6.45) is 4.04. The number of nitrogens with zero attached hydrogens (tertiary/aromatic N) is 1. The maximum absolute atomic E-state index is 3.91. The molecule has 0 saturated heterocycles. The second-order valence-electron chi connectivity index (χ2n) is 1.73. The summed E-state index contributed by atoms with van der Waals surface area (Å²) in [5, 5.41) is 0. The van der Waals surface area contributed by atoms with E-state index >= 15 is 0 Å². The first-order valence-electron chi connectivity index (χ1n) is 2.99. The van der Waals surface area contributed by atoms with Gasteiger partial charge in [-0.1, -0.05) is 5.73 Å². The molecule has 0 radical (unpaired) electrons. The van der Waals surface area contributed by atoms with Crippen LogP contribution in [0.15, 0.2) is 28.3 Å². The first-order valence-corrected chi connectivity index (χ1v) is 2.99. The standard InChI is InChI=1S/C8H7N/c1-2-4-6-8-9-7-5-3-1/h1H,3,5,7H2. The first-order chi connectivity index (χ1) is 4.50. The molecule has 44 valence electrons. The molecule has 1 rings (SSSR count). The molecule has 0 spiro atoms. The van der Waals surface area contributed by atoms with E-state index in [0.717, 1.165) is 19.4 Å². The second-order valence-corrected chi connectivity index (χ2v) is 1.73. The van der Waals surface area contributed by atoms with Crippen LogP contribution in [0.5, 0.6) is 0 Å². The Morgan fingerprint density at radius 2 is 2.33 bits per heavy atom. The van der Waals surface area contributed by atoms with Gasteiger partial charge in [0.25, 0.3) is 0 Å². The predicted molar refractivity (Wildman–Crippen MR) is 36.6 cm³/mol. The third kappa shape index (κ3) is 2.57. The average molecular weight is 117 g/mol. The van der Waals surface area contributed by atoms with Crippen molar-refractivity contribution in [2.24, 2.45) is 4.99 Å². The molecule has 0 aromatic carbocycles. The van der Waals surface area contributed by atoms with Crippen LogP contribution in [0.4, 0.5) is 0 Å². The molecule has 0 unspecified atom stereocenters. The van der Waals surface area contributed by atoms with Gasteiger partial charge in [-0.2, -0.15) is 0 Å². The number of rotatable bonds is 0. The van der Waals surface area contributed by atoms with Crippen molar-refractivity contribution in [2.45, 2.75) is 12.8 Å². The molecule has 0 N–H and O–H groups in total. The third-order valence-electron chi connectivity index (χ3n) is 0.990. The van der Waals surface area contributed by atoms with Crippen LogP contribution in [0.1, 0.15) is 12.8 Å². The summed E-state index contributed by atoms with van der Waals surface area (Å²) in [6, 6.07) is 0. The normalized spacial score (nSPS) is 15.1. The highest BCUT2D eigenvalue weighted by Crippen LogP contribution is 1.89. The molecule has 1 nitrogen and oxygen atoms in total. The summed E-state index contributed by atoms with van der Waals surface area (Å²) in [7, 11) is 0. The van der Waals surface area contributed by atoms with Gasteiger partial charge in [0.1, 0.15) is 0 Å². The van der Waals surface area contributed by atoms with E-state index in [1.807, 2.05) is 6.08 Å². The first kappa shape index (κ1) is 5.92. The van der Waals surface area contributed by atoms with E-state index in [2.05, 4.69) is 28.1 Å². The highest BCUT2D eigenvalue weighted by molar-refractivity contribution is 5.50. The molecule has 0 aromatic heterocycles. The zero-order valence-corrected chi connectivity index (χ0v) is 5.15. The lowest BCUT2D eigenvalue weighted by atomic mass is 10.3. The van der Waals surface area contributed by atoms with Gasteiger partial charge in [0, 0.05) is 18.1 Å². The van der Waals surface area contributed by atoms with Crippen LogP contribution in [0, 0.1) is 0 Å². The molecule has 1 aliphatic heterocycles. The van der Waals surface area contributed by atoms with E-state index in [-0.39, 0.29) is 0 Å². The van der Waals surface area contributed by atoms with Gasteiger partial charge >= 0.3 is 0 Å². The molecule has 0 amide bonds. The smallest absolute Gasteiger partial charge is 0.0494 e. The number of hydrogen-bond acceptors (Lipinski definition) is 1. The van der Waals surface area contributed by atoms with Gasteiger partial charge < -0.3 is 0 Å². The Labute approximate surface area is 54.4 Å². The Morgan fingerprint density at radius 1 is 1.33 bits per heavy atom. The van der Waals surface area contributed by atoms with E-state index in [4.69, 9.17) is 0 Å². The van der Waals surface area contributed by atoms with Crippen molar-refractivity contribution in [1.82, 2.24) is 0 Å². The van der Waals surface area contributed by atoms with Crippen LogP contribution < -0.4 is 0 Å². The van der Waals surface area contributed by atoms with Crippen LogP contribution in [-0.4, -0.2) is 12.4 Å². The lowest BCUT2D eigenvalue weighted by molar-refractivity contribution is 0.861. The lowest BCUT2D eigenvalue weighted by Gasteiger charge is -1.83. The van der Waals surface area contributed by atoms with Crippen LogP contribution in [-0.2, 0) is 0 Å². The summed E-state index contributed by atoms with van der Waals surface area (Å²) in [5.74, 6) is 2.61. The van der Waals surface area contributed by atoms with Crippen molar-refractivity contribution in [1.29, 1.82) is 0 Å². The largest absolute Gasteiger partial charge is 0.235 e. The summed E-state index contributed by atoms with van der Waals surface area (Å²) in [4.78, 5) is 3.91. The van der Waals surface area contributed by atoms with Gasteiger partial charge in [-0.05, 0) is 24.6 Å². The van der Waals surface area contributed by atoms with Crippen molar-refractivity contribution in [3.63, 3.8) is 0 Å². The number of aliphatic imine (C=N–C) groups is 1. The van der Waals surface area contributed by atoms with Crippen molar-refractivity contribution < 1.29 is 0 Å². The third-order valence-corrected chi connectivity index (χ3v) is 0.990. The van der Waals surface area contributed by atoms with Crippen LogP contribution >= 0.6 is 0 Å². The lowest BCUT2D eigenvalue weighted by Crippen LogP contribution is -1.75. The highest BCUT2D eigenvalue weighted by Gasteiger charge is 1.78. The molecule has 1 heterocycles. The molecular weight excluding hydrogens is 110 g/mol.